The Kier molecular flexibility index (Phi) is 7.71. The maximum atomic E-state index is 11.4. The van der Waals surface area contributed by atoms with Crippen LogP contribution in [0.5, 0.6) is 0 Å². The first kappa shape index (κ1) is 16.5. The Morgan fingerprint density at radius 3 is 1.95 bits per heavy atom. The molecule has 20 heavy (non-hydrogen) atoms. The van der Waals surface area contributed by atoms with Gasteiger partial charge >= 0.3 is 0 Å². The number of carbonyl (C=O) groups is 1. The van der Waals surface area contributed by atoms with Crippen molar-refractivity contribution < 1.29 is 4.79 Å². The van der Waals surface area contributed by atoms with Gasteiger partial charge in [0.2, 0.25) is 0 Å². The third-order valence-corrected chi connectivity index (χ3v) is 2.98. The van der Waals surface area contributed by atoms with Gasteiger partial charge in [0.05, 0.1) is 0 Å². The first-order chi connectivity index (χ1) is 9.63. The molecule has 0 aliphatic rings. The van der Waals surface area contributed by atoms with Gasteiger partial charge in [-0.2, -0.15) is 0 Å². The van der Waals surface area contributed by atoms with E-state index in [1.165, 1.54) is 0 Å². The summed E-state index contributed by atoms with van der Waals surface area (Å²) < 4.78 is 0. The molecule has 2 aromatic carbocycles. The van der Waals surface area contributed by atoms with Crippen LogP contribution in [0.4, 0.5) is 0 Å². The van der Waals surface area contributed by atoms with Crippen molar-refractivity contribution in [3.05, 3.63) is 82.9 Å². The van der Waals surface area contributed by atoms with Crippen molar-refractivity contribution in [2.75, 3.05) is 0 Å². The summed E-state index contributed by atoms with van der Waals surface area (Å²) in [4.78, 5) is 11.4. The molecule has 0 atom stereocenters. The molecule has 0 aliphatic carbocycles. The van der Waals surface area contributed by atoms with E-state index < -0.39 is 0 Å². The molecular weight excluding hydrogens is 291 g/mol. The average molecular weight is 307 g/mol. The van der Waals surface area contributed by atoms with Crippen molar-refractivity contribution in [2.24, 2.45) is 0 Å². The second kappa shape index (κ2) is 9.35. The number of allylic oxidation sites excluding steroid dienone is 1. The monoisotopic (exact) mass is 306 g/mol. The number of Topliss-reactive ketones (excluding diaryl/α,β-unsaturated/α-hetero) is 1. The van der Waals surface area contributed by atoms with Crippen LogP contribution in [-0.4, -0.2) is 5.78 Å². The minimum atomic E-state index is 0.136. The van der Waals surface area contributed by atoms with Gasteiger partial charge in [-0.15, -0.1) is 6.58 Å². The van der Waals surface area contributed by atoms with Crippen molar-refractivity contribution in [1.82, 2.24) is 0 Å². The van der Waals surface area contributed by atoms with E-state index in [0.717, 1.165) is 11.4 Å². The summed E-state index contributed by atoms with van der Waals surface area (Å²) in [5.41, 5.74) is 0.714. The predicted octanol–water partition coefficient (Wildman–Crippen LogP) is 5.83. The summed E-state index contributed by atoms with van der Waals surface area (Å²) in [6.07, 6.45) is 2.99. The highest BCUT2D eigenvalue weighted by Gasteiger charge is 2.03. The fraction of sp³-hybridized carbons (Fsp3) is 0.118. The molecule has 0 saturated heterocycles. The normalized spacial score (nSPS) is 9.30. The molecule has 0 amide bonds. The van der Waals surface area contributed by atoms with Gasteiger partial charge in [-0.1, -0.05) is 47.5 Å². The molecule has 104 valence electrons. The van der Waals surface area contributed by atoms with E-state index in [1.807, 2.05) is 30.3 Å². The van der Waals surface area contributed by atoms with Crippen LogP contribution in [0.1, 0.15) is 23.2 Å². The Hall–Kier alpha value is -1.57. The predicted molar refractivity (Wildman–Crippen MR) is 86.7 cm³/mol. The van der Waals surface area contributed by atoms with E-state index in [4.69, 9.17) is 23.2 Å². The van der Waals surface area contributed by atoms with Gasteiger partial charge < -0.3 is 0 Å². The maximum absolute atomic E-state index is 11.4. The zero-order valence-corrected chi connectivity index (χ0v) is 12.6. The van der Waals surface area contributed by atoms with Gasteiger partial charge in [0.1, 0.15) is 0 Å². The Labute approximate surface area is 129 Å². The molecule has 0 aliphatic heterocycles. The fourth-order valence-electron chi connectivity index (χ4n) is 1.43. The number of carbonyl (C=O) groups excluding carboxylic acids is 1. The molecule has 1 nitrogen and oxygen atoms in total. The molecule has 0 aromatic heterocycles. The zero-order chi connectivity index (χ0) is 14.8. The second-order valence-electron chi connectivity index (χ2n) is 4.05. The van der Waals surface area contributed by atoms with Crippen LogP contribution >= 0.6 is 23.2 Å². The lowest BCUT2D eigenvalue weighted by molar-refractivity contribution is 0.0983. The number of rotatable bonds is 4. The fourth-order valence-corrected chi connectivity index (χ4v) is 1.70. The molecule has 0 N–H and O–H groups in total. The van der Waals surface area contributed by atoms with Crippen LogP contribution in [-0.2, 0) is 0 Å². The largest absolute Gasteiger partial charge is 0.294 e. The smallest absolute Gasteiger partial charge is 0.163 e. The summed E-state index contributed by atoms with van der Waals surface area (Å²) in [7, 11) is 0. The van der Waals surface area contributed by atoms with Crippen LogP contribution in [0.2, 0.25) is 10.0 Å². The lowest BCUT2D eigenvalue weighted by atomic mass is 10.1. The van der Waals surface area contributed by atoms with Crippen LogP contribution in [0, 0.1) is 0 Å². The minimum Gasteiger partial charge on any atom is -0.294 e. The molecule has 2 rings (SSSR count). The molecular formula is C17H16Cl2O. The van der Waals surface area contributed by atoms with Gasteiger partial charge in [0.15, 0.2) is 5.78 Å². The van der Waals surface area contributed by atoms with E-state index in [9.17, 15) is 4.79 Å². The second-order valence-corrected chi connectivity index (χ2v) is 4.93. The van der Waals surface area contributed by atoms with E-state index in [2.05, 4.69) is 6.58 Å². The topological polar surface area (TPSA) is 17.1 Å². The maximum Gasteiger partial charge on any atom is 0.163 e. The van der Waals surface area contributed by atoms with Crippen molar-refractivity contribution in [1.29, 1.82) is 0 Å². The highest BCUT2D eigenvalue weighted by Crippen LogP contribution is 2.11. The van der Waals surface area contributed by atoms with E-state index >= 15 is 0 Å². The Morgan fingerprint density at radius 1 is 0.950 bits per heavy atom. The third kappa shape index (κ3) is 6.55. The summed E-state index contributed by atoms with van der Waals surface area (Å²) in [6.45, 7) is 3.57. The van der Waals surface area contributed by atoms with Gasteiger partial charge in [0, 0.05) is 22.0 Å². The van der Waals surface area contributed by atoms with Crippen molar-refractivity contribution in [3.8, 4) is 0 Å². The Bertz CT molecular complexity index is 533. The molecule has 0 radical (unpaired) electrons. The molecule has 0 fully saturated rings. The highest BCUT2D eigenvalue weighted by atomic mass is 35.5. The Morgan fingerprint density at radius 2 is 1.50 bits per heavy atom. The number of hydrogen-bond acceptors (Lipinski definition) is 1. The molecule has 2 aromatic rings. The molecule has 0 heterocycles. The SMILES string of the molecule is C=CCCC(=O)c1ccc(Cl)cc1.Clc1ccccc1. The van der Waals surface area contributed by atoms with E-state index in [0.29, 0.717) is 17.0 Å². The standard InChI is InChI=1S/C11H11ClO.C6H5Cl/c1-2-3-4-11(13)9-5-7-10(12)8-6-9;7-6-4-2-1-3-5-6/h2,5-8H,1,3-4H2;1-5H. The molecule has 0 saturated carbocycles. The molecule has 3 heteroatoms. The first-order valence-electron chi connectivity index (χ1n) is 6.23. The quantitative estimate of drug-likeness (QED) is 0.513. The van der Waals surface area contributed by atoms with Crippen molar-refractivity contribution >= 4 is 29.0 Å². The first-order valence-corrected chi connectivity index (χ1v) is 6.99. The van der Waals surface area contributed by atoms with E-state index in [-0.39, 0.29) is 5.78 Å². The van der Waals surface area contributed by atoms with Gasteiger partial charge in [-0.05, 0) is 42.8 Å². The summed E-state index contributed by atoms with van der Waals surface area (Å²) >= 11 is 11.2. The van der Waals surface area contributed by atoms with Gasteiger partial charge in [0.25, 0.3) is 0 Å². The third-order valence-electron chi connectivity index (χ3n) is 2.47. The average Bonchev–Trinajstić information content (AvgIpc) is 2.47. The summed E-state index contributed by atoms with van der Waals surface area (Å²) in [5, 5.41) is 1.45. The highest BCUT2D eigenvalue weighted by molar-refractivity contribution is 6.30. The van der Waals surface area contributed by atoms with E-state index in [1.54, 1.807) is 30.3 Å². The van der Waals surface area contributed by atoms with Gasteiger partial charge in [-0.25, -0.2) is 0 Å². The van der Waals surface area contributed by atoms with Gasteiger partial charge in [-0.3, -0.25) is 4.79 Å². The minimum absolute atomic E-state index is 0.136. The number of ketones is 1. The molecule has 0 spiro atoms. The molecule has 0 bridgehead atoms. The van der Waals surface area contributed by atoms with Crippen LogP contribution in [0.25, 0.3) is 0 Å². The van der Waals surface area contributed by atoms with Crippen LogP contribution < -0.4 is 0 Å². The van der Waals surface area contributed by atoms with Crippen LogP contribution in [0.15, 0.2) is 67.3 Å². The summed E-state index contributed by atoms with van der Waals surface area (Å²) in [6, 6.07) is 16.4. The van der Waals surface area contributed by atoms with Crippen molar-refractivity contribution in [2.45, 2.75) is 12.8 Å². The van der Waals surface area contributed by atoms with Crippen LogP contribution in [0.3, 0.4) is 0 Å². The zero-order valence-electron chi connectivity index (χ0n) is 11.1. The van der Waals surface area contributed by atoms with Crippen molar-refractivity contribution in [3.63, 3.8) is 0 Å². The Balaban J connectivity index is 0.000000240. The number of halogens is 2. The lowest BCUT2D eigenvalue weighted by Crippen LogP contribution is -1.97. The summed E-state index contributed by atoms with van der Waals surface area (Å²) in [5.74, 6) is 0.136. The lowest BCUT2D eigenvalue weighted by Gasteiger charge is -1.98. The number of benzene rings is 2. The molecule has 0 unspecified atom stereocenters. The number of hydrogen-bond donors (Lipinski definition) is 0.